The molecule has 0 bridgehead atoms. The van der Waals surface area contributed by atoms with Gasteiger partial charge in [0.1, 0.15) is 6.10 Å². The first-order valence-corrected chi connectivity index (χ1v) is 23.9. The van der Waals surface area contributed by atoms with Crippen LogP contribution in [-0.4, -0.2) is 46.9 Å². The van der Waals surface area contributed by atoms with E-state index in [0.29, 0.717) is 19.3 Å². The molecule has 0 radical (unpaired) electrons. The summed E-state index contributed by atoms with van der Waals surface area (Å²) < 4.78 is 5.89. The molecule has 0 fully saturated rings. The van der Waals surface area contributed by atoms with Gasteiger partial charge in [0.05, 0.1) is 25.2 Å². The van der Waals surface area contributed by atoms with E-state index < -0.39 is 18.2 Å². The van der Waals surface area contributed by atoms with Crippen molar-refractivity contribution in [1.82, 2.24) is 5.32 Å². The summed E-state index contributed by atoms with van der Waals surface area (Å²) in [6.07, 6.45) is 51.7. The van der Waals surface area contributed by atoms with Crippen LogP contribution in [0.4, 0.5) is 0 Å². The Balaban J connectivity index is 4.56. The van der Waals surface area contributed by atoms with Crippen LogP contribution in [0.25, 0.3) is 0 Å². The third kappa shape index (κ3) is 38.7. The number of carbonyl (C=O) groups excluding carboxylic acids is 2. The molecule has 0 aliphatic rings. The summed E-state index contributed by atoms with van der Waals surface area (Å²) in [6.45, 7) is 6.32. The monoisotopic (exact) mass is 786 g/mol. The molecule has 0 aliphatic heterocycles. The van der Waals surface area contributed by atoms with E-state index in [1.807, 2.05) is 0 Å². The van der Waals surface area contributed by atoms with Crippen LogP contribution in [0.3, 0.4) is 0 Å². The molecule has 56 heavy (non-hydrogen) atoms. The minimum absolute atomic E-state index is 0.0613. The summed E-state index contributed by atoms with van der Waals surface area (Å²) in [5.41, 5.74) is 0. The Hall–Kier alpha value is -2.18. The maximum Gasteiger partial charge on any atom is 0.306 e. The number of ether oxygens (including phenoxy) is 1. The van der Waals surface area contributed by atoms with Crippen LogP contribution in [0.2, 0.25) is 0 Å². The van der Waals surface area contributed by atoms with Crippen molar-refractivity contribution in [2.75, 3.05) is 6.61 Å². The number of hydrogen-bond acceptors (Lipinski definition) is 5. The van der Waals surface area contributed by atoms with Crippen LogP contribution in [0.5, 0.6) is 0 Å². The van der Waals surface area contributed by atoms with Gasteiger partial charge in [0.2, 0.25) is 5.91 Å². The number of amides is 1. The fourth-order valence-electron chi connectivity index (χ4n) is 7.03. The predicted octanol–water partition coefficient (Wildman–Crippen LogP) is 13.9. The molecule has 3 unspecified atom stereocenters. The van der Waals surface area contributed by atoms with Crippen molar-refractivity contribution in [3.05, 3.63) is 48.6 Å². The normalized spacial score (nSPS) is 13.7. The fourth-order valence-corrected chi connectivity index (χ4v) is 7.03. The van der Waals surface area contributed by atoms with Gasteiger partial charge in [-0.25, -0.2) is 0 Å². The van der Waals surface area contributed by atoms with Gasteiger partial charge >= 0.3 is 5.97 Å². The first-order valence-electron chi connectivity index (χ1n) is 23.9. The Labute approximate surface area is 346 Å². The number of unbranched alkanes of at least 4 members (excludes halogenated alkanes) is 22. The molecule has 3 atom stereocenters. The summed E-state index contributed by atoms with van der Waals surface area (Å²) in [7, 11) is 0. The average Bonchev–Trinajstić information content (AvgIpc) is 3.19. The van der Waals surface area contributed by atoms with Crippen molar-refractivity contribution in [2.24, 2.45) is 0 Å². The minimum atomic E-state index is -0.791. The van der Waals surface area contributed by atoms with Gasteiger partial charge in [-0.2, -0.15) is 0 Å². The molecular weight excluding hydrogens is 695 g/mol. The lowest BCUT2D eigenvalue weighted by atomic mass is 10.0. The van der Waals surface area contributed by atoms with E-state index in [2.05, 4.69) is 74.7 Å². The third-order valence-corrected chi connectivity index (χ3v) is 10.6. The molecule has 0 spiro atoms. The summed E-state index contributed by atoms with van der Waals surface area (Å²) in [5, 5.41) is 23.6. The maximum absolute atomic E-state index is 13.1. The number of allylic oxidation sites excluding steroid dienone is 8. The second-order valence-corrected chi connectivity index (χ2v) is 16.1. The fraction of sp³-hybridized carbons (Fsp3) is 0.800. The highest BCUT2D eigenvalue weighted by Gasteiger charge is 2.24. The highest BCUT2D eigenvalue weighted by molar-refractivity contribution is 5.77. The average molecular weight is 786 g/mol. The number of hydrogen-bond donors (Lipinski definition) is 3. The minimum Gasteiger partial charge on any atom is -0.462 e. The lowest BCUT2D eigenvalue weighted by Crippen LogP contribution is -2.46. The van der Waals surface area contributed by atoms with Crippen molar-refractivity contribution in [3.8, 4) is 0 Å². The molecule has 6 heteroatoms. The van der Waals surface area contributed by atoms with E-state index in [0.717, 1.165) is 96.3 Å². The Bertz CT molecular complexity index is 972. The molecule has 0 saturated carbocycles. The Morgan fingerprint density at radius 3 is 1.54 bits per heavy atom. The quantitative estimate of drug-likeness (QED) is 0.0325. The van der Waals surface area contributed by atoms with Gasteiger partial charge in [-0.15, -0.1) is 0 Å². The second-order valence-electron chi connectivity index (χ2n) is 16.1. The number of aliphatic hydroxyl groups is 2. The maximum atomic E-state index is 13.1. The van der Waals surface area contributed by atoms with E-state index in [4.69, 9.17) is 4.74 Å². The molecule has 0 aromatic rings. The number of rotatable bonds is 42. The SMILES string of the molecule is CC/C=C/C/C=C/C/C=C/CCCCCCCCC(=O)OC(CCCCC/C=C\CCCCC)CC(=O)NC(CO)C(O)CCCCCCCCCCCCC. The lowest BCUT2D eigenvalue weighted by molar-refractivity contribution is -0.151. The van der Waals surface area contributed by atoms with E-state index in [1.165, 1.54) is 89.9 Å². The molecule has 6 nitrogen and oxygen atoms in total. The van der Waals surface area contributed by atoms with Gasteiger partial charge in [0.25, 0.3) is 0 Å². The number of esters is 1. The van der Waals surface area contributed by atoms with Crippen LogP contribution in [0.15, 0.2) is 48.6 Å². The largest absolute Gasteiger partial charge is 0.462 e. The van der Waals surface area contributed by atoms with Crippen molar-refractivity contribution < 1.29 is 24.5 Å². The van der Waals surface area contributed by atoms with Gasteiger partial charge in [-0.3, -0.25) is 9.59 Å². The highest BCUT2D eigenvalue weighted by atomic mass is 16.5. The molecule has 0 heterocycles. The third-order valence-electron chi connectivity index (χ3n) is 10.6. The van der Waals surface area contributed by atoms with Gasteiger partial charge in [-0.1, -0.05) is 185 Å². The van der Waals surface area contributed by atoms with E-state index in [9.17, 15) is 19.8 Å². The van der Waals surface area contributed by atoms with Gasteiger partial charge in [-0.05, 0) is 83.5 Å². The van der Waals surface area contributed by atoms with Gasteiger partial charge in [0, 0.05) is 6.42 Å². The second kappa shape index (κ2) is 43.9. The highest BCUT2D eigenvalue weighted by Crippen LogP contribution is 2.17. The van der Waals surface area contributed by atoms with Crippen molar-refractivity contribution in [3.63, 3.8) is 0 Å². The summed E-state index contributed by atoms with van der Waals surface area (Å²) in [4.78, 5) is 26.0. The van der Waals surface area contributed by atoms with Crippen LogP contribution >= 0.6 is 0 Å². The first-order chi connectivity index (χ1) is 27.5. The van der Waals surface area contributed by atoms with Crippen LogP contribution < -0.4 is 5.32 Å². The topological polar surface area (TPSA) is 95.9 Å². The molecule has 1 amide bonds. The first kappa shape index (κ1) is 53.8. The zero-order valence-corrected chi connectivity index (χ0v) is 37.0. The van der Waals surface area contributed by atoms with Crippen molar-refractivity contribution in [2.45, 2.75) is 251 Å². The van der Waals surface area contributed by atoms with E-state index in [1.54, 1.807) is 0 Å². The molecule has 3 N–H and O–H groups in total. The number of carbonyl (C=O) groups is 2. The lowest BCUT2D eigenvalue weighted by Gasteiger charge is -2.24. The molecule has 0 aromatic heterocycles. The summed E-state index contributed by atoms with van der Waals surface area (Å²) >= 11 is 0. The Kier molecular flexibility index (Phi) is 42.2. The molecule has 0 rings (SSSR count). The van der Waals surface area contributed by atoms with Gasteiger partial charge < -0.3 is 20.3 Å². The zero-order valence-electron chi connectivity index (χ0n) is 37.0. The van der Waals surface area contributed by atoms with Crippen molar-refractivity contribution in [1.29, 1.82) is 0 Å². The van der Waals surface area contributed by atoms with Crippen LogP contribution in [0.1, 0.15) is 233 Å². The zero-order chi connectivity index (χ0) is 41.0. The van der Waals surface area contributed by atoms with E-state index in [-0.39, 0.29) is 24.9 Å². The summed E-state index contributed by atoms with van der Waals surface area (Å²) in [6, 6.07) is -0.706. The van der Waals surface area contributed by atoms with Crippen LogP contribution in [0, 0.1) is 0 Å². The predicted molar refractivity (Wildman–Crippen MR) is 241 cm³/mol. The smallest absolute Gasteiger partial charge is 0.306 e. The molecular formula is C50H91NO5. The number of aliphatic hydroxyl groups excluding tert-OH is 2. The Morgan fingerprint density at radius 2 is 0.964 bits per heavy atom. The molecule has 0 saturated heterocycles. The van der Waals surface area contributed by atoms with Crippen molar-refractivity contribution >= 4 is 11.9 Å². The molecule has 326 valence electrons. The molecule has 0 aliphatic carbocycles. The number of nitrogens with one attached hydrogen (secondary N) is 1. The molecule has 0 aromatic carbocycles. The standard InChI is InChI=1S/C50H91NO5/c1-4-7-10-13-16-19-22-23-24-25-26-28-31-34-37-40-43-50(55)56-46(41-38-35-32-29-21-18-15-12-9-6-3)44-49(54)51-47(45-52)48(53)42-39-36-33-30-27-20-17-14-11-8-5-2/h7,10,16,18-19,21,23-24,46-48,52-53H,4-6,8-9,11-15,17,20,22,25-45H2,1-3H3,(H,51,54)/b10-7+,19-16+,21-18-,24-23+. The Morgan fingerprint density at radius 1 is 0.536 bits per heavy atom. The summed E-state index contributed by atoms with van der Waals surface area (Å²) in [5.74, 6) is -0.505. The van der Waals surface area contributed by atoms with E-state index >= 15 is 0 Å². The van der Waals surface area contributed by atoms with Gasteiger partial charge in [0.15, 0.2) is 0 Å². The van der Waals surface area contributed by atoms with Crippen LogP contribution in [-0.2, 0) is 14.3 Å².